The molecule has 1 atom stereocenters. The maximum atomic E-state index is 12.4. The third-order valence-corrected chi connectivity index (χ3v) is 9.11. The Morgan fingerprint density at radius 3 is 2.41 bits per heavy atom. The van der Waals surface area contributed by atoms with Crippen molar-refractivity contribution < 1.29 is 26.3 Å². The molecule has 44 heavy (non-hydrogen) atoms. The van der Waals surface area contributed by atoms with Crippen molar-refractivity contribution in [3.8, 4) is 5.75 Å². The van der Waals surface area contributed by atoms with Crippen LogP contribution in [0.3, 0.4) is 0 Å². The van der Waals surface area contributed by atoms with Gasteiger partial charge in [0, 0.05) is 52.4 Å². The van der Waals surface area contributed by atoms with Gasteiger partial charge in [0.2, 0.25) is 0 Å². The monoisotopic (exact) mass is 656 g/mol. The lowest BCUT2D eigenvalue weighted by Crippen LogP contribution is -2.58. The molecule has 0 unspecified atom stereocenters. The number of pyridine rings is 1. The fourth-order valence-electron chi connectivity index (χ4n) is 5.94. The van der Waals surface area contributed by atoms with Gasteiger partial charge in [-0.25, -0.2) is 4.98 Å². The molecule has 0 bridgehead atoms. The average Bonchev–Trinajstić information content (AvgIpc) is 3.27. The van der Waals surface area contributed by atoms with Crippen LogP contribution in [0, 0.1) is 0 Å². The Labute approximate surface area is 260 Å². The number of rotatable bonds is 7. The van der Waals surface area contributed by atoms with E-state index in [-0.39, 0.29) is 17.4 Å². The molecular weight excluding hydrogens is 621 g/mol. The normalized spacial score (nSPS) is 21.6. The summed E-state index contributed by atoms with van der Waals surface area (Å²) in [4.78, 5) is 13.3. The van der Waals surface area contributed by atoms with Crippen molar-refractivity contribution in [2.24, 2.45) is 8.80 Å². The summed E-state index contributed by atoms with van der Waals surface area (Å²) in [6, 6.07) is 8.58. The molecule has 2 aromatic rings. The van der Waals surface area contributed by atoms with E-state index in [1.807, 2.05) is 0 Å². The third-order valence-electron chi connectivity index (χ3n) is 8.02. The Morgan fingerprint density at radius 2 is 1.80 bits per heavy atom. The van der Waals surface area contributed by atoms with Crippen LogP contribution >= 0.6 is 11.6 Å². The number of benzene rings is 1. The standard InChI is InChI=1S/C28H36ClF3N8O3S/c1-4-21-18-39(26-24(29)15-20(16-33-26)34-25-27(37(2)3)36-44(41,42)35-25)13-14-40(21)22-9-11-38(12-10-22)17-19-5-7-23(8-6-19)43-28(30,31)32/h5-8,15-16,21-22H,4,9-14,17-18H2,1-3H3,(H,34,35)/t21-/m0/s1. The summed E-state index contributed by atoms with van der Waals surface area (Å²) in [6.45, 7) is 7.12. The maximum Gasteiger partial charge on any atom is 0.573 e. The first-order chi connectivity index (χ1) is 20.8. The number of piperazine rings is 1. The van der Waals surface area contributed by atoms with Crippen LogP contribution in [0.5, 0.6) is 5.75 Å². The number of likely N-dealkylation sites (N-methyl/N-ethyl adjacent to an activating group) is 1. The summed E-state index contributed by atoms with van der Waals surface area (Å²) in [6.07, 6.45) is -0.0718. The minimum Gasteiger partial charge on any atom is -0.406 e. The van der Waals surface area contributed by atoms with Crippen molar-refractivity contribution in [2.75, 3.05) is 57.0 Å². The number of alkyl halides is 3. The van der Waals surface area contributed by atoms with E-state index in [4.69, 9.17) is 11.6 Å². The van der Waals surface area contributed by atoms with Crippen molar-refractivity contribution in [2.45, 2.75) is 51.2 Å². The summed E-state index contributed by atoms with van der Waals surface area (Å²) in [7, 11) is -0.562. The van der Waals surface area contributed by atoms with Crippen LogP contribution in [0.25, 0.3) is 0 Å². The zero-order chi connectivity index (χ0) is 31.6. The van der Waals surface area contributed by atoms with E-state index in [2.05, 4.69) is 45.5 Å². The predicted molar refractivity (Wildman–Crippen MR) is 165 cm³/mol. The first-order valence-electron chi connectivity index (χ1n) is 14.4. The van der Waals surface area contributed by atoms with Crippen LogP contribution < -0.4 is 15.0 Å². The molecule has 4 heterocycles. The van der Waals surface area contributed by atoms with Gasteiger partial charge < -0.3 is 19.9 Å². The summed E-state index contributed by atoms with van der Waals surface area (Å²) in [5.74, 6) is 0.782. The third kappa shape index (κ3) is 7.92. The van der Waals surface area contributed by atoms with Gasteiger partial charge in [-0.2, -0.15) is 8.42 Å². The number of ether oxygens (including phenoxy) is 1. The fourth-order valence-corrected chi connectivity index (χ4v) is 7.09. The number of aromatic nitrogens is 1. The van der Waals surface area contributed by atoms with E-state index in [9.17, 15) is 21.6 Å². The maximum absolute atomic E-state index is 12.4. The Kier molecular flexibility index (Phi) is 9.58. The molecule has 0 saturated carbocycles. The van der Waals surface area contributed by atoms with E-state index < -0.39 is 16.6 Å². The lowest BCUT2D eigenvalue weighted by molar-refractivity contribution is -0.274. The Bertz CT molecular complexity index is 1500. The minimum atomic E-state index is -4.69. The molecule has 0 aliphatic carbocycles. The number of nitrogens with zero attached hydrogens (tertiary/aromatic N) is 7. The number of hydrogen-bond donors (Lipinski definition) is 1. The van der Waals surface area contributed by atoms with Crippen LogP contribution in [-0.4, -0.2) is 105 Å². The second kappa shape index (κ2) is 13.1. The highest BCUT2D eigenvalue weighted by molar-refractivity contribution is 7.89. The van der Waals surface area contributed by atoms with Gasteiger partial charge in [0.15, 0.2) is 11.7 Å². The highest BCUT2D eigenvalue weighted by atomic mass is 35.5. The molecule has 2 fully saturated rings. The first-order valence-corrected chi connectivity index (χ1v) is 16.2. The van der Waals surface area contributed by atoms with Crippen LogP contribution in [0.1, 0.15) is 31.7 Å². The highest BCUT2D eigenvalue weighted by Crippen LogP contribution is 2.31. The minimum absolute atomic E-state index is 0.111. The molecule has 3 aliphatic rings. The van der Waals surface area contributed by atoms with Crippen LogP contribution in [0.2, 0.25) is 5.02 Å². The van der Waals surface area contributed by atoms with Crippen LogP contribution in [0.15, 0.2) is 45.3 Å². The fraction of sp³-hybridized carbons (Fsp3) is 0.536. The molecule has 240 valence electrons. The van der Waals surface area contributed by atoms with Gasteiger partial charge in [-0.15, -0.1) is 22.0 Å². The number of hydrogen-bond acceptors (Lipinski definition) is 9. The zero-order valence-electron chi connectivity index (χ0n) is 24.8. The molecule has 0 amide bonds. The van der Waals surface area contributed by atoms with E-state index in [1.165, 1.54) is 12.1 Å². The molecule has 0 radical (unpaired) electrons. The number of amidine groups is 2. The number of anilines is 2. The SMILES string of the molecule is CC[C@H]1CN(c2ncc(NC3=NS(=O)(=O)N=C3N(C)C)cc2Cl)CCN1C1CCN(Cc2ccc(OC(F)(F)F)cc2)CC1. The van der Waals surface area contributed by atoms with E-state index in [0.29, 0.717) is 35.2 Å². The van der Waals surface area contributed by atoms with E-state index >= 15 is 0 Å². The second-order valence-corrected chi connectivity index (χ2v) is 13.0. The van der Waals surface area contributed by atoms with E-state index in [1.54, 1.807) is 43.4 Å². The Balaban J connectivity index is 1.15. The second-order valence-electron chi connectivity index (χ2n) is 11.3. The van der Waals surface area contributed by atoms with Crippen LogP contribution in [0.4, 0.5) is 24.7 Å². The number of piperidine rings is 1. The molecule has 1 aromatic carbocycles. The molecule has 3 aliphatic heterocycles. The largest absolute Gasteiger partial charge is 0.573 e. The molecule has 1 aromatic heterocycles. The number of nitrogens with one attached hydrogen (secondary N) is 1. The van der Waals surface area contributed by atoms with Gasteiger partial charge in [-0.05, 0) is 56.1 Å². The van der Waals surface area contributed by atoms with Crippen molar-refractivity contribution in [1.29, 1.82) is 0 Å². The Morgan fingerprint density at radius 1 is 1.09 bits per heavy atom. The lowest BCUT2D eigenvalue weighted by Gasteiger charge is -2.47. The van der Waals surface area contributed by atoms with Crippen molar-refractivity contribution >= 4 is 45.0 Å². The van der Waals surface area contributed by atoms with Crippen molar-refractivity contribution in [1.82, 2.24) is 19.7 Å². The number of halogens is 4. The smallest absolute Gasteiger partial charge is 0.406 e. The summed E-state index contributed by atoms with van der Waals surface area (Å²) >= 11 is 6.68. The van der Waals surface area contributed by atoms with Crippen molar-refractivity contribution in [3.05, 3.63) is 47.1 Å². The molecule has 1 N–H and O–H groups in total. The molecule has 5 rings (SSSR count). The summed E-state index contributed by atoms with van der Waals surface area (Å²) < 4.78 is 72.4. The van der Waals surface area contributed by atoms with Gasteiger partial charge in [0.05, 0.1) is 16.9 Å². The predicted octanol–water partition coefficient (Wildman–Crippen LogP) is 4.23. The topological polar surface area (TPSA) is 106 Å². The summed E-state index contributed by atoms with van der Waals surface area (Å²) in [5, 5.41) is 3.43. The van der Waals surface area contributed by atoms with Gasteiger partial charge in [0.25, 0.3) is 0 Å². The average molecular weight is 657 g/mol. The molecule has 0 spiro atoms. The first kappa shape index (κ1) is 32.3. The van der Waals surface area contributed by atoms with Gasteiger partial charge in [-0.1, -0.05) is 30.7 Å². The molecule has 16 heteroatoms. The summed E-state index contributed by atoms with van der Waals surface area (Å²) in [5.41, 5.74) is 1.46. The van der Waals surface area contributed by atoms with Gasteiger partial charge in [-0.3, -0.25) is 9.80 Å². The zero-order valence-corrected chi connectivity index (χ0v) is 26.3. The molecule has 2 saturated heterocycles. The molecule has 11 nitrogen and oxygen atoms in total. The van der Waals surface area contributed by atoms with Gasteiger partial charge >= 0.3 is 16.6 Å². The Hall–Kier alpha value is -3.14. The van der Waals surface area contributed by atoms with Crippen molar-refractivity contribution in [3.63, 3.8) is 0 Å². The lowest BCUT2D eigenvalue weighted by atomic mass is 9.98. The van der Waals surface area contributed by atoms with Gasteiger partial charge in [0.1, 0.15) is 11.6 Å². The quantitative estimate of drug-likeness (QED) is 0.469. The molecular formula is C28H36ClF3N8O3S. The van der Waals surface area contributed by atoms with Crippen LogP contribution in [-0.2, 0) is 16.8 Å². The highest BCUT2D eigenvalue weighted by Gasteiger charge is 2.34. The van der Waals surface area contributed by atoms with E-state index in [0.717, 1.165) is 57.5 Å². The number of likely N-dealkylation sites (tertiary alicyclic amines) is 1.